The van der Waals surface area contributed by atoms with Crippen LogP contribution in [0.1, 0.15) is 50.3 Å². The number of fused-ring (bicyclic) bond motifs is 1. The van der Waals surface area contributed by atoms with Crippen molar-refractivity contribution in [3.8, 4) is 22.5 Å². The van der Waals surface area contributed by atoms with Gasteiger partial charge in [-0.3, -0.25) is 4.79 Å². The number of aliphatic hydroxyl groups is 1. The Hall–Kier alpha value is -3.25. The monoisotopic (exact) mass is 431 g/mol. The van der Waals surface area contributed by atoms with Crippen LogP contribution in [-0.2, 0) is 4.79 Å². The topological polar surface area (TPSA) is 86.5 Å². The molecule has 6 heteroatoms. The quantitative estimate of drug-likeness (QED) is 0.459. The van der Waals surface area contributed by atoms with Crippen LogP contribution in [-0.4, -0.2) is 39.2 Å². The van der Waals surface area contributed by atoms with Gasteiger partial charge in [-0.1, -0.05) is 73.5 Å². The summed E-state index contributed by atoms with van der Waals surface area (Å²) in [5.41, 5.74) is 4.21. The molecule has 2 heterocycles. The van der Waals surface area contributed by atoms with Gasteiger partial charge in [0.15, 0.2) is 5.82 Å². The lowest BCUT2D eigenvalue weighted by Gasteiger charge is -2.33. The number of hydrogen-bond donors (Lipinski definition) is 2. The number of unbranched alkanes of at least 4 members (excludes halogenated alkanes) is 3. The predicted octanol–water partition coefficient (Wildman–Crippen LogP) is 5.09. The Morgan fingerprint density at radius 3 is 2.09 bits per heavy atom. The molecule has 0 spiro atoms. The van der Waals surface area contributed by atoms with Crippen molar-refractivity contribution in [1.29, 1.82) is 0 Å². The highest BCUT2D eigenvalue weighted by molar-refractivity contribution is 5.79. The molecule has 0 bridgehead atoms. The normalized spacial score (nSPS) is 15.4. The van der Waals surface area contributed by atoms with Crippen LogP contribution in [0.2, 0.25) is 0 Å². The molecule has 0 fully saturated rings. The summed E-state index contributed by atoms with van der Waals surface area (Å²) in [6.07, 6.45) is 3.77. The van der Waals surface area contributed by atoms with E-state index in [0.717, 1.165) is 60.7 Å². The first-order valence-electron chi connectivity index (χ1n) is 11.3. The molecule has 166 valence electrons. The van der Waals surface area contributed by atoms with Crippen LogP contribution in [0.3, 0.4) is 0 Å². The van der Waals surface area contributed by atoms with Gasteiger partial charge in [0.1, 0.15) is 11.8 Å². The van der Waals surface area contributed by atoms with Crippen LogP contribution in [0.4, 0.5) is 5.82 Å². The van der Waals surface area contributed by atoms with E-state index in [1.165, 1.54) is 0 Å². The van der Waals surface area contributed by atoms with E-state index in [9.17, 15) is 9.90 Å². The predicted molar refractivity (Wildman–Crippen MR) is 125 cm³/mol. The van der Waals surface area contributed by atoms with Gasteiger partial charge in [-0.2, -0.15) is 0 Å². The zero-order chi connectivity index (χ0) is 22.3. The first-order valence-corrected chi connectivity index (χ1v) is 11.3. The van der Waals surface area contributed by atoms with E-state index in [1.807, 2.05) is 60.7 Å². The molecule has 0 saturated carbocycles. The highest BCUT2D eigenvalue weighted by Crippen LogP contribution is 2.37. The molecule has 1 aromatic heterocycles. The third-order valence-electron chi connectivity index (χ3n) is 5.85. The van der Waals surface area contributed by atoms with E-state index in [4.69, 9.17) is 15.1 Å². The van der Waals surface area contributed by atoms with Gasteiger partial charge in [-0.15, -0.1) is 0 Å². The molecule has 2 N–H and O–H groups in total. The van der Waals surface area contributed by atoms with Crippen molar-refractivity contribution in [3.05, 3.63) is 66.4 Å². The van der Waals surface area contributed by atoms with E-state index in [0.29, 0.717) is 18.5 Å². The number of aliphatic carboxylic acids is 1. The van der Waals surface area contributed by atoms with Gasteiger partial charge in [0.2, 0.25) is 0 Å². The maximum absolute atomic E-state index is 10.7. The lowest BCUT2D eigenvalue weighted by molar-refractivity contribution is -0.137. The summed E-state index contributed by atoms with van der Waals surface area (Å²) >= 11 is 0. The average Bonchev–Trinajstić information content (AvgIpc) is 2.83. The van der Waals surface area contributed by atoms with Crippen LogP contribution < -0.4 is 4.90 Å². The number of carbonyl (C=O) groups is 1. The molecule has 1 aliphatic rings. The Morgan fingerprint density at radius 2 is 1.47 bits per heavy atom. The fourth-order valence-electron chi connectivity index (χ4n) is 4.16. The second kappa shape index (κ2) is 10.4. The Balaban J connectivity index is 1.63. The van der Waals surface area contributed by atoms with Gasteiger partial charge < -0.3 is 15.1 Å². The van der Waals surface area contributed by atoms with Crippen molar-refractivity contribution in [2.75, 3.05) is 18.0 Å². The molecule has 3 aromatic rings. The van der Waals surface area contributed by atoms with Crippen molar-refractivity contribution in [2.45, 2.75) is 44.6 Å². The number of rotatable bonds is 9. The van der Waals surface area contributed by atoms with Crippen molar-refractivity contribution < 1.29 is 15.0 Å². The SMILES string of the molecule is O=C(O)CCCCCCN1CC[C@@H](O)c2nc(-c3ccccc3)c(-c3ccccc3)nc21. The summed E-state index contributed by atoms with van der Waals surface area (Å²) in [5, 5.41) is 19.5. The maximum Gasteiger partial charge on any atom is 0.303 e. The van der Waals surface area contributed by atoms with Crippen LogP contribution in [0.5, 0.6) is 0 Å². The number of hydrogen-bond acceptors (Lipinski definition) is 5. The second-order valence-corrected chi connectivity index (χ2v) is 8.21. The summed E-state index contributed by atoms with van der Waals surface area (Å²) in [6.45, 7) is 1.55. The summed E-state index contributed by atoms with van der Waals surface area (Å²) in [5.74, 6) is 0.0229. The van der Waals surface area contributed by atoms with Gasteiger partial charge in [-0.05, 0) is 19.3 Å². The molecule has 1 atom stereocenters. The zero-order valence-corrected chi connectivity index (χ0v) is 18.2. The molecule has 6 nitrogen and oxygen atoms in total. The molecule has 0 amide bonds. The third kappa shape index (κ3) is 5.14. The molecule has 2 aromatic carbocycles. The van der Waals surface area contributed by atoms with Gasteiger partial charge in [0.25, 0.3) is 0 Å². The van der Waals surface area contributed by atoms with Crippen molar-refractivity contribution in [2.24, 2.45) is 0 Å². The minimum absolute atomic E-state index is 0.229. The van der Waals surface area contributed by atoms with E-state index >= 15 is 0 Å². The number of carboxylic acid groups (broad SMARTS) is 1. The maximum atomic E-state index is 10.7. The lowest BCUT2D eigenvalue weighted by Crippen LogP contribution is -2.34. The van der Waals surface area contributed by atoms with Gasteiger partial charge in [-0.25, -0.2) is 9.97 Å². The zero-order valence-electron chi connectivity index (χ0n) is 18.2. The molecular formula is C26H29N3O3. The number of aromatic nitrogens is 2. The highest BCUT2D eigenvalue weighted by atomic mass is 16.4. The lowest BCUT2D eigenvalue weighted by atomic mass is 10.0. The third-order valence-corrected chi connectivity index (χ3v) is 5.85. The number of nitrogens with zero attached hydrogens (tertiary/aromatic N) is 3. The smallest absolute Gasteiger partial charge is 0.303 e. The minimum Gasteiger partial charge on any atom is -0.481 e. The Kier molecular flexibility index (Phi) is 7.12. The molecule has 0 aliphatic carbocycles. The van der Waals surface area contributed by atoms with Crippen LogP contribution in [0.15, 0.2) is 60.7 Å². The van der Waals surface area contributed by atoms with E-state index in [-0.39, 0.29) is 6.42 Å². The standard InChI is InChI=1S/C26H29N3O3/c30-21-16-18-29(17-10-2-1-9-15-22(31)32)26-25(21)27-23(19-11-5-3-6-12-19)24(28-26)20-13-7-4-8-14-20/h3-8,11-14,21,30H,1-2,9-10,15-18H2,(H,31,32)/t21-/m1/s1. The largest absolute Gasteiger partial charge is 0.481 e. The van der Waals surface area contributed by atoms with E-state index in [1.54, 1.807) is 0 Å². The Morgan fingerprint density at radius 1 is 0.875 bits per heavy atom. The Labute approximate surface area is 188 Å². The van der Waals surface area contributed by atoms with Crippen molar-refractivity contribution >= 4 is 11.8 Å². The molecule has 32 heavy (non-hydrogen) atoms. The summed E-state index contributed by atoms with van der Waals surface area (Å²) < 4.78 is 0. The minimum atomic E-state index is -0.734. The first-order chi connectivity index (χ1) is 15.6. The van der Waals surface area contributed by atoms with Crippen molar-refractivity contribution in [3.63, 3.8) is 0 Å². The van der Waals surface area contributed by atoms with Gasteiger partial charge in [0.05, 0.1) is 11.4 Å². The first kappa shape index (κ1) is 22.0. The molecule has 0 radical (unpaired) electrons. The van der Waals surface area contributed by atoms with E-state index in [2.05, 4.69) is 4.90 Å². The molecule has 1 aliphatic heterocycles. The number of anilines is 1. The molecular weight excluding hydrogens is 402 g/mol. The molecule has 0 saturated heterocycles. The second-order valence-electron chi connectivity index (χ2n) is 8.21. The van der Waals surface area contributed by atoms with Crippen LogP contribution in [0, 0.1) is 0 Å². The van der Waals surface area contributed by atoms with Crippen molar-refractivity contribution in [1.82, 2.24) is 9.97 Å². The number of aliphatic hydroxyl groups excluding tert-OH is 1. The fraction of sp³-hybridized carbons (Fsp3) is 0.346. The fourth-order valence-corrected chi connectivity index (χ4v) is 4.16. The van der Waals surface area contributed by atoms with Gasteiger partial charge in [0, 0.05) is 30.6 Å². The summed E-state index contributed by atoms with van der Waals surface area (Å²) in [7, 11) is 0. The summed E-state index contributed by atoms with van der Waals surface area (Å²) in [4.78, 5) is 22.9. The van der Waals surface area contributed by atoms with Crippen LogP contribution >= 0.6 is 0 Å². The average molecular weight is 432 g/mol. The number of benzene rings is 2. The molecule has 0 unspecified atom stereocenters. The highest BCUT2D eigenvalue weighted by Gasteiger charge is 2.29. The number of carboxylic acids is 1. The summed E-state index contributed by atoms with van der Waals surface area (Å²) in [6, 6.07) is 20.0. The van der Waals surface area contributed by atoms with Crippen LogP contribution in [0.25, 0.3) is 22.5 Å². The van der Waals surface area contributed by atoms with Gasteiger partial charge >= 0.3 is 5.97 Å². The molecule has 4 rings (SSSR count). The van der Waals surface area contributed by atoms with E-state index < -0.39 is 12.1 Å². The Bertz CT molecular complexity index is 1040.